The number of fused-ring (bicyclic) bond motifs is 2. The van der Waals surface area contributed by atoms with E-state index in [9.17, 15) is 19.2 Å². The first kappa shape index (κ1) is 20.6. The summed E-state index contributed by atoms with van der Waals surface area (Å²) in [6.45, 7) is 5.33. The predicted molar refractivity (Wildman–Crippen MR) is 106 cm³/mol. The standard InChI is InChI=1S/C21H22N4O6/c1-21(2,3)30-20(29)24-10-9-14-15(22-11-23(14)4)16(24)19(28)31-25-17(26)12-7-5-6-8-13(12)18(25)27/h5-8,11,16H,9-10H2,1-4H3. The molecule has 1 aromatic carbocycles. The van der Waals surface area contributed by atoms with E-state index in [0.717, 1.165) is 5.69 Å². The van der Waals surface area contributed by atoms with E-state index in [-0.39, 0.29) is 17.7 Å². The van der Waals surface area contributed by atoms with Gasteiger partial charge in [0.1, 0.15) is 5.60 Å². The Morgan fingerprint density at radius 2 is 1.71 bits per heavy atom. The number of imidazole rings is 1. The lowest BCUT2D eigenvalue weighted by Gasteiger charge is -2.35. The lowest BCUT2D eigenvalue weighted by molar-refractivity contribution is -0.175. The topological polar surface area (TPSA) is 111 Å². The second-order valence-corrected chi connectivity index (χ2v) is 8.37. The van der Waals surface area contributed by atoms with Gasteiger partial charge in [0.2, 0.25) is 0 Å². The van der Waals surface area contributed by atoms with Crippen molar-refractivity contribution in [1.82, 2.24) is 19.5 Å². The molecule has 0 bridgehead atoms. The number of carbonyl (C=O) groups is 4. The summed E-state index contributed by atoms with van der Waals surface area (Å²) < 4.78 is 7.19. The molecule has 0 spiro atoms. The number of hydrogen-bond donors (Lipinski definition) is 0. The van der Waals surface area contributed by atoms with Crippen LogP contribution in [0.2, 0.25) is 0 Å². The predicted octanol–water partition coefficient (Wildman–Crippen LogP) is 2.01. The van der Waals surface area contributed by atoms with Crippen LogP contribution in [0.3, 0.4) is 0 Å². The van der Waals surface area contributed by atoms with Gasteiger partial charge in [-0.05, 0) is 32.9 Å². The lowest BCUT2D eigenvalue weighted by Crippen LogP contribution is -2.48. The van der Waals surface area contributed by atoms with Crippen molar-refractivity contribution in [3.63, 3.8) is 0 Å². The van der Waals surface area contributed by atoms with Crippen molar-refractivity contribution in [2.75, 3.05) is 6.54 Å². The summed E-state index contributed by atoms with van der Waals surface area (Å²) in [6.07, 6.45) is 1.28. The van der Waals surface area contributed by atoms with E-state index < -0.39 is 35.5 Å². The molecule has 1 aromatic heterocycles. The van der Waals surface area contributed by atoms with Gasteiger partial charge in [-0.25, -0.2) is 14.6 Å². The fourth-order valence-electron chi connectivity index (χ4n) is 3.66. The molecule has 3 heterocycles. The number of aromatic nitrogens is 2. The van der Waals surface area contributed by atoms with Gasteiger partial charge in [-0.1, -0.05) is 17.2 Å². The van der Waals surface area contributed by atoms with E-state index in [4.69, 9.17) is 9.57 Å². The summed E-state index contributed by atoms with van der Waals surface area (Å²) in [5, 5.41) is 0.428. The normalized spacial score (nSPS) is 18.0. The Morgan fingerprint density at radius 1 is 1.10 bits per heavy atom. The largest absolute Gasteiger partial charge is 0.444 e. The van der Waals surface area contributed by atoms with Gasteiger partial charge in [0.05, 0.1) is 23.1 Å². The van der Waals surface area contributed by atoms with Gasteiger partial charge in [-0.2, -0.15) is 0 Å². The molecule has 10 nitrogen and oxygen atoms in total. The molecule has 10 heteroatoms. The highest BCUT2D eigenvalue weighted by Gasteiger charge is 2.45. The molecule has 1 atom stereocenters. The van der Waals surface area contributed by atoms with Crippen molar-refractivity contribution >= 4 is 23.9 Å². The van der Waals surface area contributed by atoms with E-state index in [1.165, 1.54) is 23.4 Å². The number of benzene rings is 1. The van der Waals surface area contributed by atoms with Gasteiger partial charge in [0.25, 0.3) is 11.8 Å². The lowest BCUT2D eigenvalue weighted by atomic mass is 10.0. The zero-order chi connectivity index (χ0) is 22.5. The first-order valence-electron chi connectivity index (χ1n) is 9.78. The van der Waals surface area contributed by atoms with Gasteiger partial charge in [0, 0.05) is 25.7 Å². The second-order valence-electron chi connectivity index (χ2n) is 8.37. The van der Waals surface area contributed by atoms with Gasteiger partial charge in [-0.3, -0.25) is 14.5 Å². The molecule has 1 unspecified atom stereocenters. The van der Waals surface area contributed by atoms with Crippen LogP contribution in [0.1, 0.15) is 58.9 Å². The number of ether oxygens (including phenoxy) is 1. The fourth-order valence-corrected chi connectivity index (χ4v) is 3.66. The number of aryl methyl sites for hydroxylation is 1. The molecule has 162 valence electrons. The van der Waals surface area contributed by atoms with Crippen molar-refractivity contribution in [2.45, 2.75) is 38.8 Å². The Balaban J connectivity index is 1.64. The Kier molecular flexibility index (Phi) is 4.79. The number of carbonyl (C=O) groups excluding carboxylic acids is 4. The smallest absolute Gasteiger partial charge is 0.411 e. The molecule has 0 saturated carbocycles. The first-order valence-corrected chi connectivity index (χ1v) is 9.78. The molecule has 31 heavy (non-hydrogen) atoms. The Labute approximate surface area is 178 Å². The highest BCUT2D eigenvalue weighted by molar-refractivity contribution is 6.20. The summed E-state index contributed by atoms with van der Waals surface area (Å²) >= 11 is 0. The van der Waals surface area contributed by atoms with E-state index >= 15 is 0 Å². The minimum absolute atomic E-state index is 0.145. The number of hydroxylamine groups is 2. The molecule has 2 aliphatic rings. The molecule has 2 aliphatic heterocycles. The molecule has 0 saturated heterocycles. The SMILES string of the molecule is Cn1cnc2c1CCN(C(=O)OC(C)(C)C)C2C(=O)ON1C(=O)c2ccccc2C1=O. The molecule has 0 aliphatic carbocycles. The van der Waals surface area contributed by atoms with E-state index in [0.29, 0.717) is 17.2 Å². The molecule has 0 N–H and O–H groups in total. The van der Waals surface area contributed by atoms with Crippen molar-refractivity contribution in [2.24, 2.45) is 7.05 Å². The summed E-state index contributed by atoms with van der Waals surface area (Å²) in [7, 11) is 1.78. The second kappa shape index (κ2) is 7.22. The third-order valence-corrected chi connectivity index (χ3v) is 5.04. The summed E-state index contributed by atoms with van der Waals surface area (Å²) in [5.41, 5.74) is 0.585. The summed E-state index contributed by atoms with van der Waals surface area (Å²) in [4.78, 5) is 61.9. The minimum atomic E-state index is -1.26. The molecule has 2 aromatic rings. The molecule has 4 rings (SSSR count). The number of imide groups is 1. The first-order chi connectivity index (χ1) is 14.6. The van der Waals surface area contributed by atoms with Crippen LogP contribution >= 0.6 is 0 Å². The highest BCUT2D eigenvalue weighted by Crippen LogP contribution is 2.32. The van der Waals surface area contributed by atoms with Crippen LogP contribution in [0.15, 0.2) is 30.6 Å². The van der Waals surface area contributed by atoms with Crippen molar-refractivity contribution < 1.29 is 28.8 Å². The molecule has 0 radical (unpaired) electrons. The van der Waals surface area contributed by atoms with E-state index in [1.54, 1.807) is 44.5 Å². The van der Waals surface area contributed by atoms with Crippen LogP contribution in [0.25, 0.3) is 0 Å². The van der Waals surface area contributed by atoms with Crippen molar-refractivity contribution in [1.29, 1.82) is 0 Å². The minimum Gasteiger partial charge on any atom is -0.444 e. The van der Waals surface area contributed by atoms with Gasteiger partial charge < -0.3 is 14.1 Å². The van der Waals surface area contributed by atoms with E-state index in [2.05, 4.69) is 4.98 Å². The van der Waals surface area contributed by atoms with Crippen LogP contribution < -0.4 is 0 Å². The Morgan fingerprint density at radius 3 is 2.29 bits per heavy atom. The Hall–Kier alpha value is -3.69. The average Bonchev–Trinajstić information content (AvgIpc) is 3.19. The van der Waals surface area contributed by atoms with Crippen molar-refractivity contribution in [3.05, 3.63) is 53.1 Å². The maximum atomic E-state index is 13.2. The highest BCUT2D eigenvalue weighted by atomic mass is 16.7. The molecular weight excluding hydrogens is 404 g/mol. The maximum Gasteiger partial charge on any atom is 0.411 e. The molecular formula is C21H22N4O6. The van der Waals surface area contributed by atoms with Crippen LogP contribution in [0.5, 0.6) is 0 Å². The number of hydrogen-bond acceptors (Lipinski definition) is 7. The van der Waals surface area contributed by atoms with E-state index in [1.807, 2.05) is 0 Å². The third-order valence-electron chi connectivity index (χ3n) is 5.04. The van der Waals surface area contributed by atoms with Crippen LogP contribution in [-0.2, 0) is 27.8 Å². The summed E-state index contributed by atoms with van der Waals surface area (Å²) in [6, 6.07) is 4.92. The maximum absolute atomic E-state index is 13.2. The van der Waals surface area contributed by atoms with Crippen LogP contribution in [0.4, 0.5) is 4.79 Å². The third kappa shape index (κ3) is 3.54. The van der Waals surface area contributed by atoms with Crippen molar-refractivity contribution in [3.8, 4) is 0 Å². The molecule has 0 fully saturated rings. The quantitative estimate of drug-likeness (QED) is 0.676. The number of amides is 3. The number of rotatable bonds is 2. The summed E-state index contributed by atoms with van der Waals surface area (Å²) in [5.74, 6) is -2.45. The molecule has 3 amide bonds. The van der Waals surface area contributed by atoms with Crippen LogP contribution in [-0.4, -0.2) is 55.5 Å². The van der Waals surface area contributed by atoms with Crippen LogP contribution in [0, 0.1) is 0 Å². The zero-order valence-electron chi connectivity index (χ0n) is 17.6. The van der Waals surface area contributed by atoms with Gasteiger partial charge in [0.15, 0.2) is 6.04 Å². The fraction of sp³-hybridized carbons (Fsp3) is 0.381. The van der Waals surface area contributed by atoms with Gasteiger partial charge >= 0.3 is 12.1 Å². The zero-order valence-corrected chi connectivity index (χ0v) is 17.6. The average molecular weight is 426 g/mol. The monoisotopic (exact) mass is 426 g/mol. The number of nitrogens with zero attached hydrogens (tertiary/aromatic N) is 4. The van der Waals surface area contributed by atoms with Gasteiger partial charge in [-0.15, -0.1) is 0 Å². The Bertz CT molecular complexity index is 1060.